The molecule has 2 aromatic carbocycles. The van der Waals surface area contributed by atoms with Crippen LogP contribution in [0.1, 0.15) is 43.5 Å². The zero-order valence-electron chi connectivity index (χ0n) is 29.0. The molecule has 0 atom stereocenters. The molecular formula is C34H33B2CuF8N7. The fourth-order valence-corrected chi connectivity index (χ4v) is 3.93. The molecule has 0 aliphatic carbocycles. The summed E-state index contributed by atoms with van der Waals surface area (Å²) in [5.74, 6) is 0. The normalized spacial score (nSPS) is 9.62. The van der Waals surface area contributed by atoms with Gasteiger partial charge in [0.1, 0.15) is 0 Å². The largest absolute Gasteiger partial charge is 2.00 e. The van der Waals surface area contributed by atoms with Crippen molar-refractivity contribution < 1.29 is 51.6 Å². The van der Waals surface area contributed by atoms with Crippen molar-refractivity contribution in [2.24, 2.45) is 0 Å². The molecule has 0 saturated carbocycles. The molecule has 7 nitrogen and oxygen atoms in total. The first kappa shape index (κ1) is 48.8. The summed E-state index contributed by atoms with van der Waals surface area (Å²) in [6.45, 7) is 12.3. The fraction of sp³-hybridized carbons (Fsp3) is 0.206. The number of nitrogens with zero attached hydrogens (tertiary/aromatic N) is 7. The number of hydrogen-bond donors (Lipinski definition) is 0. The maximum Gasteiger partial charge on any atom is 2.00 e. The number of aromatic nitrogens is 4. The van der Waals surface area contributed by atoms with Gasteiger partial charge in [-0.15, -0.1) is 0 Å². The molecule has 6 rings (SSSR count). The van der Waals surface area contributed by atoms with Crippen molar-refractivity contribution in [1.29, 1.82) is 15.8 Å². The van der Waals surface area contributed by atoms with Gasteiger partial charge in [0.05, 0.1) is 40.3 Å². The van der Waals surface area contributed by atoms with Crippen LogP contribution in [0.15, 0.2) is 72.8 Å². The van der Waals surface area contributed by atoms with E-state index in [9.17, 15) is 34.5 Å². The molecule has 0 aliphatic rings. The summed E-state index contributed by atoms with van der Waals surface area (Å²) in [5, 5.41) is 26.6. The maximum absolute atomic E-state index is 9.75. The Kier molecular flexibility index (Phi) is 22.4. The average Bonchev–Trinajstić information content (AvgIpc) is 3.01. The number of rotatable bonds is 0. The summed E-state index contributed by atoms with van der Waals surface area (Å²) in [5.41, 5.74) is 8.13. The average molecular weight is 777 g/mol. The molecule has 4 aromatic heterocycles. The second kappa shape index (κ2) is 23.9. The summed E-state index contributed by atoms with van der Waals surface area (Å²) in [4.78, 5) is 18.3. The molecule has 0 spiro atoms. The Bertz CT molecular complexity index is 1850. The van der Waals surface area contributed by atoms with Crippen molar-refractivity contribution in [3.05, 3.63) is 95.6 Å². The summed E-state index contributed by atoms with van der Waals surface area (Å²) >= 11 is 0. The number of benzene rings is 2. The quantitative estimate of drug-likeness (QED) is 0.0854. The second-order valence-electron chi connectivity index (χ2n) is 9.89. The fourth-order valence-electron chi connectivity index (χ4n) is 3.93. The molecule has 0 N–H and O–H groups in total. The minimum absolute atomic E-state index is 0. The summed E-state index contributed by atoms with van der Waals surface area (Å²) in [6.07, 6.45) is 0. The van der Waals surface area contributed by atoms with Crippen LogP contribution in [0.4, 0.5) is 34.5 Å². The summed E-state index contributed by atoms with van der Waals surface area (Å²) in [7, 11) is -12.0. The molecule has 52 heavy (non-hydrogen) atoms. The number of hydrogen-bond acceptors (Lipinski definition) is 7. The first-order valence-electron chi connectivity index (χ1n) is 14.7. The van der Waals surface area contributed by atoms with Gasteiger partial charge < -0.3 is 34.5 Å². The topological polar surface area (TPSA) is 123 Å². The Morgan fingerprint density at radius 3 is 0.635 bits per heavy atom. The number of pyridine rings is 4. The van der Waals surface area contributed by atoms with Crippen LogP contribution in [-0.2, 0) is 17.1 Å². The first-order valence-corrected chi connectivity index (χ1v) is 14.7. The van der Waals surface area contributed by atoms with Crippen molar-refractivity contribution >= 4 is 58.1 Å². The number of aryl methyl sites for hydroxylation is 4. The molecule has 0 bridgehead atoms. The van der Waals surface area contributed by atoms with Crippen molar-refractivity contribution in [1.82, 2.24) is 19.9 Å². The standard InChI is InChI=1S/2C14H12N2.3C2H3N.2BF4.Cu/c2*1-9-3-5-11-7-8-12-6-4-10(2)16-14(12)13(11)15-9;3*1-2-3;2*2-1(3,4)5;/h2*3-8H,1-2H3;3*1H3;;;/q;;;;;2*-1;+2. The minimum atomic E-state index is -6.00. The third-order valence-electron chi connectivity index (χ3n) is 5.60. The van der Waals surface area contributed by atoms with Crippen molar-refractivity contribution in [2.75, 3.05) is 0 Å². The number of nitriles is 3. The van der Waals surface area contributed by atoms with Crippen molar-refractivity contribution in [3.8, 4) is 18.2 Å². The van der Waals surface area contributed by atoms with Crippen LogP contribution in [0.5, 0.6) is 0 Å². The van der Waals surface area contributed by atoms with Gasteiger partial charge in [-0.25, -0.2) is 0 Å². The Balaban J connectivity index is 0. The Morgan fingerprint density at radius 2 is 0.500 bits per heavy atom. The van der Waals surface area contributed by atoms with E-state index in [1.807, 2.05) is 52.0 Å². The monoisotopic (exact) mass is 776 g/mol. The van der Waals surface area contributed by atoms with E-state index in [-0.39, 0.29) is 17.1 Å². The number of halogens is 8. The third-order valence-corrected chi connectivity index (χ3v) is 5.60. The molecule has 277 valence electrons. The molecule has 0 saturated heterocycles. The van der Waals surface area contributed by atoms with Gasteiger partial charge in [-0.3, -0.25) is 19.9 Å². The van der Waals surface area contributed by atoms with Gasteiger partial charge in [0.15, 0.2) is 0 Å². The van der Waals surface area contributed by atoms with Crippen molar-refractivity contribution in [2.45, 2.75) is 48.5 Å². The van der Waals surface area contributed by atoms with Gasteiger partial charge in [-0.1, -0.05) is 48.5 Å². The third kappa shape index (κ3) is 20.3. The van der Waals surface area contributed by atoms with E-state index in [0.29, 0.717) is 0 Å². The van der Waals surface area contributed by atoms with Crippen LogP contribution >= 0.6 is 0 Å². The molecule has 6 aromatic rings. The maximum atomic E-state index is 9.75. The van der Waals surface area contributed by atoms with Crippen LogP contribution in [0.3, 0.4) is 0 Å². The molecule has 0 fully saturated rings. The molecular weight excluding hydrogens is 744 g/mol. The molecule has 0 unspecified atom stereocenters. The summed E-state index contributed by atoms with van der Waals surface area (Å²) < 4.78 is 78.0. The van der Waals surface area contributed by atoms with Crippen LogP contribution in [0.2, 0.25) is 0 Å². The molecule has 4 heterocycles. The van der Waals surface area contributed by atoms with Gasteiger partial charge in [-0.2, -0.15) is 15.8 Å². The zero-order valence-corrected chi connectivity index (χ0v) is 30.0. The molecule has 0 aliphatic heterocycles. The summed E-state index contributed by atoms with van der Waals surface area (Å²) in [6, 6.07) is 30.2. The van der Waals surface area contributed by atoms with E-state index < -0.39 is 14.5 Å². The SMILES string of the molecule is CC#N.CC#N.CC#N.Cc1ccc2ccc3ccc(C)nc3c2n1.Cc1ccc2ccc3ccc(C)nc3c2n1.F[B-](F)(F)F.F[B-](F)(F)F.[Cu+2]. The van der Waals surface area contributed by atoms with Crippen LogP contribution in [-0.4, -0.2) is 34.4 Å². The minimum Gasteiger partial charge on any atom is -0.418 e. The van der Waals surface area contributed by atoms with Gasteiger partial charge >= 0.3 is 31.6 Å². The Labute approximate surface area is 307 Å². The van der Waals surface area contributed by atoms with Crippen LogP contribution in [0.25, 0.3) is 43.6 Å². The van der Waals surface area contributed by atoms with Crippen LogP contribution in [0, 0.1) is 61.7 Å². The Hall–Kier alpha value is -5.36. The molecule has 0 amide bonds. The van der Waals surface area contributed by atoms with Crippen molar-refractivity contribution in [3.63, 3.8) is 0 Å². The predicted molar refractivity (Wildman–Crippen MR) is 187 cm³/mol. The molecule has 18 heteroatoms. The van der Waals surface area contributed by atoms with Gasteiger partial charge in [0.2, 0.25) is 0 Å². The van der Waals surface area contributed by atoms with E-state index in [2.05, 4.69) is 68.5 Å². The van der Waals surface area contributed by atoms with E-state index in [0.717, 1.165) is 66.4 Å². The zero-order chi connectivity index (χ0) is 39.4. The van der Waals surface area contributed by atoms with E-state index in [4.69, 9.17) is 15.8 Å². The van der Waals surface area contributed by atoms with E-state index in [1.165, 1.54) is 20.8 Å². The van der Waals surface area contributed by atoms with Gasteiger partial charge in [-0.05, 0) is 52.0 Å². The molecule has 1 radical (unpaired) electrons. The van der Waals surface area contributed by atoms with E-state index in [1.54, 1.807) is 18.2 Å². The Morgan fingerprint density at radius 1 is 0.385 bits per heavy atom. The number of fused-ring (bicyclic) bond motifs is 6. The van der Waals surface area contributed by atoms with Gasteiger partial charge in [0.25, 0.3) is 0 Å². The van der Waals surface area contributed by atoms with E-state index >= 15 is 0 Å². The van der Waals surface area contributed by atoms with Crippen LogP contribution < -0.4 is 0 Å². The predicted octanol–water partition coefficient (Wildman–Crippen LogP) is 11.0. The smallest absolute Gasteiger partial charge is 0.418 e. The second-order valence-corrected chi connectivity index (χ2v) is 9.89. The first-order chi connectivity index (χ1) is 23.7. The van der Waals surface area contributed by atoms with Gasteiger partial charge in [0, 0.05) is 65.1 Å².